The molecule has 3 aromatic rings. The summed E-state index contributed by atoms with van der Waals surface area (Å²) in [5, 5.41) is 2.95. The Balaban J connectivity index is 2.06. The molecule has 3 aromatic carbocycles. The van der Waals surface area contributed by atoms with E-state index >= 15 is 0 Å². The van der Waals surface area contributed by atoms with E-state index in [2.05, 4.69) is 5.32 Å². The molecule has 1 atom stereocenters. The van der Waals surface area contributed by atoms with Gasteiger partial charge in [0, 0.05) is 18.6 Å². The lowest BCUT2D eigenvalue weighted by Gasteiger charge is -2.32. The number of likely N-dealkylation sites (N-methyl/N-ethyl adjacent to an activating group) is 1. The Hall–Kier alpha value is -3.36. The highest BCUT2D eigenvalue weighted by Crippen LogP contribution is 2.28. The van der Waals surface area contributed by atoms with Crippen LogP contribution in [0, 0.1) is 13.8 Å². The van der Waals surface area contributed by atoms with Crippen LogP contribution in [-0.4, -0.2) is 44.8 Å². The number of rotatable bonds is 9. The summed E-state index contributed by atoms with van der Waals surface area (Å²) >= 11 is 6.32. The SMILES string of the molecule is CNC(=O)[C@@H](C)N(Cc1ccccc1C)C(=O)CN(c1ccc(C)c(Cl)c1)S(=O)(=O)c1ccccc1. The van der Waals surface area contributed by atoms with E-state index in [9.17, 15) is 18.0 Å². The Bertz CT molecular complexity index is 1350. The number of hydrogen-bond donors (Lipinski definition) is 1. The molecule has 0 saturated carbocycles. The standard InChI is InChI=1S/C27H30ClN3O4S/c1-19-10-8-9-11-22(19)17-30(21(3)27(33)29-4)26(32)18-31(23-15-14-20(2)25(28)16-23)36(34,35)24-12-6-5-7-13-24/h5-16,21H,17-18H2,1-4H3,(H,29,33)/t21-/m1/s1. The third kappa shape index (κ3) is 6.06. The zero-order chi connectivity index (χ0) is 26.5. The summed E-state index contributed by atoms with van der Waals surface area (Å²) in [6, 6.07) is 19.5. The van der Waals surface area contributed by atoms with Crippen molar-refractivity contribution in [3.8, 4) is 0 Å². The van der Waals surface area contributed by atoms with E-state index in [1.54, 1.807) is 37.3 Å². The van der Waals surface area contributed by atoms with Gasteiger partial charge in [-0.15, -0.1) is 0 Å². The minimum absolute atomic E-state index is 0.0410. The van der Waals surface area contributed by atoms with Crippen molar-refractivity contribution in [2.45, 2.75) is 38.3 Å². The van der Waals surface area contributed by atoms with E-state index in [1.807, 2.05) is 38.1 Å². The fourth-order valence-corrected chi connectivity index (χ4v) is 5.35. The first kappa shape index (κ1) is 27.2. The van der Waals surface area contributed by atoms with Crippen molar-refractivity contribution in [1.29, 1.82) is 0 Å². The van der Waals surface area contributed by atoms with Crippen LogP contribution in [0.2, 0.25) is 5.02 Å². The number of carbonyl (C=O) groups is 2. The van der Waals surface area contributed by atoms with E-state index in [4.69, 9.17) is 11.6 Å². The number of sulfonamides is 1. The van der Waals surface area contributed by atoms with Gasteiger partial charge in [-0.05, 0) is 61.7 Å². The van der Waals surface area contributed by atoms with Gasteiger partial charge in [-0.1, -0.05) is 60.1 Å². The van der Waals surface area contributed by atoms with E-state index in [0.717, 1.165) is 21.0 Å². The van der Waals surface area contributed by atoms with Crippen LogP contribution in [0.15, 0.2) is 77.7 Å². The molecule has 0 fully saturated rings. The molecule has 2 amide bonds. The quantitative estimate of drug-likeness (QED) is 0.449. The maximum Gasteiger partial charge on any atom is 0.264 e. The first-order valence-electron chi connectivity index (χ1n) is 11.5. The summed E-state index contributed by atoms with van der Waals surface area (Å²) in [5.74, 6) is -0.877. The van der Waals surface area contributed by atoms with Crippen LogP contribution < -0.4 is 9.62 Å². The van der Waals surface area contributed by atoms with Crippen LogP contribution in [0.5, 0.6) is 0 Å². The Labute approximate surface area is 217 Å². The summed E-state index contributed by atoms with van der Waals surface area (Å²) in [5.41, 5.74) is 2.85. The normalized spacial score (nSPS) is 12.0. The molecule has 0 aromatic heterocycles. The molecule has 1 N–H and O–H groups in total. The number of anilines is 1. The summed E-state index contributed by atoms with van der Waals surface area (Å²) in [6.07, 6.45) is 0. The van der Waals surface area contributed by atoms with Gasteiger partial charge in [0.25, 0.3) is 10.0 Å². The molecular weight excluding hydrogens is 498 g/mol. The van der Waals surface area contributed by atoms with Crippen molar-refractivity contribution in [3.05, 3.63) is 94.5 Å². The van der Waals surface area contributed by atoms with Crippen LogP contribution in [-0.2, 0) is 26.2 Å². The second kappa shape index (κ2) is 11.6. The van der Waals surface area contributed by atoms with Crippen LogP contribution in [0.25, 0.3) is 0 Å². The average molecular weight is 528 g/mol. The third-order valence-electron chi connectivity index (χ3n) is 6.07. The summed E-state index contributed by atoms with van der Waals surface area (Å²) in [7, 11) is -2.62. The number of halogens is 1. The highest BCUT2D eigenvalue weighted by Gasteiger charge is 2.32. The molecule has 0 heterocycles. The molecular formula is C27H30ClN3O4S. The topological polar surface area (TPSA) is 86.8 Å². The molecule has 0 bridgehead atoms. The first-order chi connectivity index (χ1) is 17.1. The number of nitrogens with one attached hydrogen (secondary N) is 1. The molecule has 0 spiro atoms. The minimum atomic E-state index is -4.12. The number of benzene rings is 3. The smallest absolute Gasteiger partial charge is 0.264 e. The number of hydrogen-bond acceptors (Lipinski definition) is 4. The molecule has 0 aliphatic rings. The van der Waals surface area contributed by atoms with Crippen molar-refractivity contribution in [1.82, 2.24) is 10.2 Å². The molecule has 0 aliphatic heterocycles. The Morgan fingerprint density at radius 2 is 1.58 bits per heavy atom. The average Bonchev–Trinajstić information content (AvgIpc) is 2.87. The molecule has 36 heavy (non-hydrogen) atoms. The van der Waals surface area contributed by atoms with Gasteiger partial charge in [-0.2, -0.15) is 0 Å². The lowest BCUT2D eigenvalue weighted by molar-refractivity contribution is -0.139. The first-order valence-corrected chi connectivity index (χ1v) is 13.3. The Morgan fingerprint density at radius 3 is 2.19 bits per heavy atom. The molecule has 0 saturated heterocycles. The predicted molar refractivity (Wildman–Crippen MR) is 142 cm³/mol. The van der Waals surface area contributed by atoms with Crippen molar-refractivity contribution in [2.75, 3.05) is 17.9 Å². The number of nitrogens with zero attached hydrogens (tertiary/aromatic N) is 2. The van der Waals surface area contributed by atoms with Crippen LogP contribution >= 0.6 is 11.6 Å². The maximum atomic E-state index is 13.7. The van der Waals surface area contributed by atoms with E-state index in [0.29, 0.717) is 5.02 Å². The van der Waals surface area contributed by atoms with Crippen LogP contribution in [0.1, 0.15) is 23.6 Å². The van der Waals surface area contributed by atoms with E-state index in [1.165, 1.54) is 30.1 Å². The monoisotopic (exact) mass is 527 g/mol. The lowest BCUT2D eigenvalue weighted by atomic mass is 10.1. The minimum Gasteiger partial charge on any atom is -0.357 e. The predicted octanol–water partition coefficient (Wildman–Crippen LogP) is 4.32. The largest absolute Gasteiger partial charge is 0.357 e. The number of aryl methyl sites for hydroxylation is 2. The number of carbonyl (C=O) groups excluding carboxylic acids is 2. The van der Waals surface area contributed by atoms with Crippen molar-refractivity contribution < 1.29 is 18.0 Å². The molecule has 7 nitrogen and oxygen atoms in total. The van der Waals surface area contributed by atoms with Crippen molar-refractivity contribution in [3.63, 3.8) is 0 Å². The highest BCUT2D eigenvalue weighted by atomic mass is 35.5. The van der Waals surface area contributed by atoms with Crippen LogP contribution in [0.3, 0.4) is 0 Å². The highest BCUT2D eigenvalue weighted by molar-refractivity contribution is 7.92. The number of amides is 2. The van der Waals surface area contributed by atoms with E-state index in [-0.39, 0.29) is 23.0 Å². The van der Waals surface area contributed by atoms with Gasteiger partial charge in [0.05, 0.1) is 10.6 Å². The molecule has 3 rings (SSSR count). The third-order valence-corrected chi connectivity index (χ3v) is 8.26. The summed E-state index contributed by atoms with van der Waals surface area (Å²) in [4.78, 5) is 27.7. The fraction of sp³-hybridized carbons (Fsp3) is 0.259. The van der Waals surface area contributed by atoms with Gasteiger partial charge in [-0.3, -0.25) is 13.9 Å². The Morgan fingerprint density at radius 1 is 0.944 bits per heavy atom. The molecule has 0 radical (unpaired) electrons. The Kier molecular flexibility index (Phi) is 8.76. The van der Waals surface area contributed by atoms with Gasteiger partial charge >= 0.3 is 0 Å². The van der Waals surface area contributed by atoms with Crippen molar-refractivity contribution >= 4 is 39.1 Å². The maximum absolute atomic E-state index is 13.7. The van der Waals surface area contributed by atoms with Crippen molar-refractivity contribution in [2.24, 2.45) is 0 Å². The second-order valence-corrected chi connectivity index (χ2v) is 10.8. The van der Waals surface area contributed by atoms with Crippen LogP contribution in [0.4, 0.5) is 5.69 Å². The summed E-state index contributed by atoms with van der Waals surface area (Å²) < 4.78 is 28.4. The molecule has 9 heteroatoms. The fourth-order valence-electron chi connectivity index (χ4n) is 3.75. The second-order valence-electron chi connectivity index (χ2n) is 8.50. The van der Waals surface area contributed by atoms with Gasteiger partial charge in [0.2, 0.25) is 11.8 Å². The van der Waals surface area contributed by atoms with E-state index < -0.39 is 28.5 Å². The molecule has 0 aliphatic carbocycles. The van der Waals surface area contributed by atoms with Gasteiger partial charge in [0.15, 0.2) is 0 Å². The molecule has 190 valence electrons. The zero-order valence-corrected chi connectivity index (χ0v) is 22.3. The van der Waals surface area contributed by atoms with Gasteiger partial charge in [-0.25, -0.2) is 8.42 Å². The van der Waals surface area contributed by atoms with Gasteiger partial charge in [0.1, 0.15) is 12.6 Å². The zero-order valence-electron chi connectivity index (χ0n) is 20.7. The molecule has 0 unspecified atom stereocenters. The lowest BCUT2D eigenvalue weighted by Crippen LogP contribution is -2.50. The van der Waals surface area contributed by atoms with Gasteiger partial charge < -0.3 is 10.2 Å². The summed E-state index contributed by atoms with van der Waals surface area (Å²) in [6.45, 7) is 4.98.